The molecule has 24 heavy (non-hydrogen) atoms. The van der Waals surface area contributed by atoms with Crippen molar-refractivity contribution in [1.29, 1.82) is 0 Å². The molecule has 0 spiro atoms. The number of rotatable bonds is 6. The molecular weight excluding hydrogens is 306 g/mol. The van der Waals surface area contributed by atoms with Gasteiger partial charge in [0, 0.05) is 69.1 Å². The maximum atomic E-state index is 5.88. The van der Waals surface area contributed by atoms with E-state index in [0.29, 0.717) is 18.4 Å². The minimum Gasteiger partial charge on any atom is -0.481 e. The number of nitrogens with one attached hydrogen (secondary N) is 1. The van der Waals surface area contributed by atoms with Crippen molar-refractivity contribution < 1.29 is 9.47 Å². The second-order valence-corrected chi connectivity index (χ2v) is 5.99. The number of methoxy groups -OCH3 is 1. The van der Waals surface area contributed by atoms with E-state index in [1.807, 2.05) is 49.7 Å². The Bertz CT molecular complexity index is 645. The Morgan fingerprint density at radius 1 is 1.21 bits per heavy atom. The van der Waals surface area contributed by atoms with Crippen molar-refractivity contribution >= 4 is 5.95 Å². The van der Waals surface area contributed by atoms with Crippen LogP contribution < -0.4 is 15.0 Å². The van der Waals surface area contributed by atoms with E-state index >= 15 is 0 Å². The molecule has 0 aromatic carbocycles. The van der Waals surface area contributed by atoms with Crippen LogP contribution in [-0.4, -0.2) is 48.8 Å². The molecule has 2 aromatic rings. The molecule has 1 N–H and O–H groups in total. The summed E-state index contributed by atoms with van der Waals surface area (Å²) < 4.78 is 11.0. The number of ether oxygens (including phenoxy) is 2. The van der Waals surface area contributed by atoms with Gasteiger partial charge >= 0.3 is 0 Å². The van der Waals surface area contributed by atoms with Crippen LogP contribution in [0.2, 0.25) is 0 Å². The van der Waals surface area contributed by atoms with Crippen molar-refractivity contribution in [3.63, 3.8) is 0 Å². The molecule has 0 aliphatic carbocycles. The van der Waals surface area contributed by atoms with Gasteiger partial charge in [-0.25, -0.2) is 15.0 Å². The molecule has 0 amide bonds. The SMILES string of the molecule is COc1ccc([C@H]2OCC[C@@H]2NCc2cnc(N(C)C)nc2)cn1. The third kappa shape index (κ3) is 3.80. The highest BCUT2D eigenvalue weighted by Crippen LogP contribution is 2.29. The quantitative estimate of drug-likeness (QED) is 0.862. The first-order valence-electron chi connectivity index (χ1n) is 8.00. The molecule has 128 valence electrons. The van der Waals surface area contributed by atoms with Crippen LogP contribution in [0, 0.1) is 0 Å². The second kappa shape index (κ2) is 7.55. The van der Waals surface area contributed by atoms with Gasteiger partial charge in [-0.3, -0.25) is 0 Å². The summed E-state index contributed by atoms with van der Waals surface area (Å²) in [6.07, 6.45) is 6.50. The molecule has 1 saturated heterocycles. The normalized spacial score (nSPS) is 20.1. The van der Waals surface area contributed by atoms with Crippen molar-refractivity contribution in [1.82, 2.24) is 20.3 Å². The average Bonchev–Trinajstić information content (AvgIpc) is 3.09. The first-order chi connectivity index (χ1) is 11.7. The van der Waals surface area contributed by atoms with Crippen LogP contribution in [0.15, 0.2) is 30.7 Å². The van der Waals surface area contributed by atoms with Crippen LogP contribution >= 0.6 is 0 Å². The zero-order chi connectivity index (χ0) is 16.9. The summed E-state index contributed by atoms with van der Waals surface area (Å²) in [6, 6.07) is 4.11. The van der Waals surface area contributed by atoms with Crippen molar-refractivity contribution in [3.05, 3.63) is 41.9 Å². The van der Waals surface area contributed by atoms with E-state index in [0.717, 1.165) is 24.2 Å². The van der Waals surface area contributed by atoms with E-state index in [9.17, 15) is 0 Å². The topological polar surface area (TPSA) is 72.4 Å². The molecule has 2 aromatic heterocycles. The molecule has 7 heteroatoms. The van der Waals surface area contributed by atoms with Crippen LogP contribution in [0.5, 0.6) is 5.88 Å². The van der Waals surface area contributed by atoms with Gasteiger partial charge in [0.1, 0.15) is 0 Å². The Balaban J connectivity index is 1.61. The average molecular weight is 329 g/mol. The highest BCUT2D eigenvalue weighted by molar-refractivity contribution is 5.26. The Morgan fingerprint density at radius 3 is 2.62 bits per heavy atom. The van der Waals surface area contributed by atoms with Crippen LogP contribution in [0.4, 0.5) is 5.95 Å². The molecule has 1 aliphatic rings. The number of anilines is 1. The largest absolute Gasteiger partial charge is 0.481 e. The van der Waals surface area contributed by atoms with Gasteiger partial charge in [0.2, 0.25) is 11.8 Å². The monoisotopic (exact) mass is 329 g/mol. The van der Waals surface area contributed by atoms with Gasteiger partial charge in [-0.2, -0.15) is 0 Å². The minimum atomic E-state index is 0.00497. The fraction of sp³-hybridized carbons (Fsp3) is 0.471. The smallest absolute Gasteiger partial charge is 0.224 e. The van der Waals surface area contributed by atoms with E-state index in [2.05, 4.69) is 20.3 Å². The molecule has 0 radical (unpaired) electrons. The molecular formula is C17H23N5O2. The predicted molar refractivity (Wildman–Crippen MR) is 91.1 cm³/mol. The van der Waals surface area contributed by atoms with Gasteiger partial charge in [-0.1, -0.05) is 0 Å². The third-order valence-electron chi connectivity index (χ3n) is 4.05. The van der Waals surface area contributed by atoms with Crippen LogP contribution in [0.3, 0.4) is 0 Å². The lowest BCUT2D eigenvalue weighted by Gasteiger charge is -2.20. The lowest BCUT2D eigenvalue weighted by atomic mass is 10.0. The maximum Gasteiger partial charge on any atom is 0.224 e. The Labute approximate surface area is 142 Å². The summed E-state index contributed by atoms with van der Waals surface area (Å²) in [5.74, 6) is 1.32. The molecule has 1 aliphatic heterocycles. The molecule has 3 heterocycles. The van der Waals surface area contributed by atoms with E-state index < -0.39 is 0 Å². The second-order valence-electron chi connectivity index (χ2n) is 5.99. The van der Waals surface area contributed by atoms with Gasteiger partial charge in [-0.05, 0) is 12.5 Å². The summed E-state index contributed by atoms with van der Waals surface area (Å²) in [5, 5.41) is 3.55. The zero-order valence-electron chi connectivity index (χ0n) is 14.3. The maximum absolute atomic E-state index is 5.88. The summed E-state index contributed by atoms with van der Waals surface area (Å²) in [5.41, 5.74) is 2.11. The summed E-state index contributed by atoms with van der Waals surface area (Å²) in [6.45, 7) is 1.45. The summed E-state index contributed by atoms with van der Waals surface area (Å²) >= 11 is 0. The molecule has 7 nitrogen and oxygen atoms in total. The Morgan fingerprint density at radius 2 is 2.00 bits per heavy atom. The van der Waals surface area contributed by atoms with Gasteiger partial charge in [0.25, 0.3) is 0 Å². The highest BCUT2D eigenvalue weighted by Gasteiger charge is 2.29. The van der Waals surface area contributed by atoms with Crippen molar-refractivity contribution in [2.45, 2.75) is 25.1 Å². The fourth-order valence-corrected chi connectivity index (χ4v) is 2.73. The molecule has 0 saturated carbocycles. The van der Waals surface area contributed by atoms with Crippen LogP contribution in [0.25, 0.3) is 0 Å². The standard InChI is InChI=1S/C17H23N5O2/c1-22(2)17-20-9-12(10-21-17)8-18-14-6-7-24-16(14)13-4-5-15(23-3)19-11-13/h4-5,9-11,14,16,18H,6-8H2,1-3H3/t14-,16+/m0/s1. The van der Waals surface area contributed by atoms with E-state index in [1.54, 1.807) is 7.11 Å². The molecule has 3 rings (SSSR count). The lowest BCUT2D eigenvalue weighted by molar-refractivity contribution is 0.0981. The lowest BCUT2D eigenvalue weighted by Crippen LogP contribution is -2.31. The number of nitrogens with zero attached hydrogens (tertiary/aromatic N) is 4. The highest BCUT2D eigenvalue weighted by atomic mass is 16.5. The first-order valence-corrected chi connectivity index (χ1v) is 8.00. The summed E-state index contributed by atoms with van der Waals surface area (Å²) in [7, 11) is 5.47. The third-order valence-corrected chi connectivity index (χ3v) is 4.05. The minimum absolute atomic E-state index is 0.00497. The summed E-state index contributed by atoms with van der Waals surface area (Å²) in [4.78, 5) is 14.8. The number of hydrogen-bond donors (Lipinski definition) is 1. The van der Waals surface area contributed by atoms with Gasteiger partial charge in [0.15, 0.2) is 0 Å². The number of pyridine rings is 1. The molecule has 0 bridgehead atoms. The zero-order valence-corrected chi connectivity index (χ0v) is 14.3. The molecule has 2 atom stereocenters. The Kier molecular flexibility index (Phi) is 5.22. The van der Waals surface area contributed by atoms with Crippen LogP contribution in [0.1, 0.15) is 23.7 Å². The fourth-order valence-electron chi connectivity index (χ4n) is 2.73. The van der Waals surface area contributed by atoms with Gasteiger partial charge < -0.3 is 19.7 Å². The van der Waals surface area contributed by atoms with E-state index in [-0.39, 0.29) is 12.1 Å². The molecule has 0 unspecified atom stereocenters. The van der Waals surface area contributed by atoms with Crippen molar-refractivity contribution in [3.8, 4) is 5.88 Å². The van der Waals surface area contributed by atoms with Crippen LogP contribution in [-0.2, 0) is 11.3 Å². The van der Waals surface area contributed by atoms with Crippen molar-refractivity contribution in [2.24, 2.45) is 0 Å². The van der Waals surface area contributed by atoms with E-state index in [4.69, 9.17) is 9.47 Å². The number of hydrogen-bond acceptors (Lipinski definition) is 7. The number of aromatic nitrogens is 3. The first kappa shape index (κ1) is 16.6. The molecule has 1 fully saturated rings. The van der Waals surface area contributed by atoms with Gasteiger partial charge in [0.05, 0.1) is 13.2 Å². The van der Waals surface area contributed by atoms with E-state index in [1.165, 1.54) is 0 Å². The Hall–Kier alpha value is -2.25. The predicted octanol–water partition coefficient (Wildman–Crippen LogP) is 1.57. The van der Waals surface area contributed by atoms with Crippen molar-refractivity contribution in [2.75, 3.05) is 32.7 Å². The van der Waals surface area contributed by atoms with Gasteiger partial charge in [-0.15, -0.1) is 0 Å².